The van der Waals surface area contributed by atoms with E-state index >= 15 is 0 Å². The van der Waals surface area contributed by atoms with Crippen LogP contribution in [-0.4, -0.2) is 0 Å². The monoisotopic (exact) mass is 145 g/mol. The first-order chi connectivity index (χ1) is 3.84. The van der Waals surface area contributed by atoms with E-state index in [1.807, 2.05) is 24.1 Å². The fourth-order valence-corrected chi connectivity index (χ4v) is 1.61. The summed E-state index contributed by atoms with van der Waals surface area (Å²) in [5, 5.41) is 4.82. The van der Waals surface area contributed by atoms with E-state index < -0.39 is 0 Å². The first-order valence-corrected chi connectivity index (χ1v) is 3.67. The van der Waals surface area contributed by atoms with Crippen LogP contribution in [0.5, 0.6) is 0 Å². The molecule has 0 nitrogen and oxygen atoms in total. The van der Waals surface area contributed by atoms with E-state index in [4.69, 9.17) is 11.6 Å². The highest BCUT2D eigenvalue weighted by atomic mass is 35.5. The molecule has 0 spiro atoms. The maximum atomic E-state index is 5.72. The lowest BCUT2D eigenvalue weighted by Crippen LogP contribution is -1.67. The van der Waals surface area contributed by atoms with Crippen molar-refractivity contribution in [2.45, 2.75) is 6.92 Å². The van der Waals surface area contributed by atoms with Gasteiger partial charge in [-0.15, -0.1) is 0 Å². The van der Waals surface area contributed by atoms with Crippen LogP contribution in [0.1, 0.15) is 12.5 Å². The lowest BCUT2D eigenvalue weighted by molar-refractivity contribution is 1.47. The van der Waals surface area contributed by atoms with Crippen LogP contribution in [0, 0.1) is 6.42 Å². The zero-order valence-corrected chi connectivity index (χ0v) is 6.09. The van der Waals surface area contributed by atoms with Gasteiger partial charge in [0.25, 0.3) is 0 Å². The number of halogens is 1. The lowest BCUT2D eigenvalue weighted by Gasteiger charge is -1.85. The van der Waals surface area contributed by atoms with Crippen molar-refractivity contribution in [3.05, 3.63) is 27.8 Å². The van der Waals surface area contributed by atoms with E-state index in [0.29, 0.717) is 0 Å². The molecular weight excluding hydrogens is 140 g/mol. The Balaban J connectivity index is 2.92. The molecule has 0 saturated carbocycles. The van der Waals surface area contributed by atoms with E-state index in [2.05, 4.69) is 0 Å². The largest absolute Gasteiger partial charge is 0.151 e. The Labute approximate surface area is 58.1 Å². The van der Waals surface area contributed by atoms with Crippen LogP contribution in [0.25, 0.3) is 0 Å². The van der Waals surface area contributed by atoms with E-state index in [-0.39, 0.29) is 0 Å². The van der Waals surface area contributed by atoms with E-state index in [1.165, 1.54) is 0 Å². The quantitative estimate of drug-likeness (QED) is 0.570. The van der Waals surface area contributed by atoms with Crippen molar-refractivity contribution in [1.82, 2.24) is 0 Å². The van der Waals surface area contributed by atoms with Crippen molar-refractivity contribution < 1.29 is 0 Å². The van der Waals surface area contributed by atoms with Crippen LogP contribution in [-0.2, 0) is 0 Å². The summed E-state index contributed by atoms with van der Waals surface area (Å²) >= 11 is 7.35. The van der Waals surface area contributed by atoms with Gasteiger partial charge in [0.2, 0.25) is 0 Å². The van der Waals surface area contributed by atoms with Crippen molar-refractivity contribution in [2.75, 3.05) is 0 Å². The second-order valence-corrected chi connectivity index (χ2v) is 2.61. The van der Waals surface area contributed by atoms with Gasteiger partial charge in [0, 0.05) is 5.38 Å². The molecule has 0 aliphatic rings. The molecule has 1 radical (unpaired) electrons. The predicted octanol–water partition coefficient (Wildman–Crippen LogP) is 2.97. The molecule has 0 aliphatic carbocycles. The minimum atomic E-state index is 0.859. The minimum Gasteiger partial charge on any atom is -0.151 e. The molecule has 8 heavy (non-hydrogen) atoms. The Kier molecular flexibility index (Phi) is 1.92. The standard InChI is InChI=1S/C6H6ClS/c1-2-5-3-8-4-6(5)7/h2-4H,1H3. The number of rotatable bonds is 1. The van der Waals surface area contributed by atoms with Gasteiger partial charge in [0.1, 0.15) is 0 Å². The van der Waals surface area contributed by atoms with Gasteiger partial charge in [-0.05, 0) is 17.4 Å². The average molecular weight is 146 g/mol. The van der Waals surface area contributed by atoms with Crippen LogP contribution in [0.15, 0.2) is 10.8 Å². The maximum Gasteiger partial charge on any atom is 0.0547 e. The number of thiophene rings is 1. The molecule has 0 amide bonds. The summed E-state index contributed by atoms with van der Waals surface area (Å²) in [7, 11) is 0. The molecule has 0 aliphatic heterocycles. The highest BCUT2D eigenvalue weighted by Gasteiger charge is 1.95. The molecule has 0 aromatic carbocycles. The normalized spacial score (nSPS) is 9.75. The smallest absolute Gasteiger partial charge is 0.0547 e. The highest BCUT2D eigenvalue weighted by molar-refractivity contribution is 7.08. The van der Waals surface area contributed by atoms with Crippen molar-refractivity contribution in [3.63, 3.8) is 0 Å². The Morgan fingerprint density at radius 2 is 2.38 bits per heavy atom. The molecule has 43 valence electrons. The topological polar surface area (TPSA) is 0 Å². The van der Waals surface area contributed by atoms with Crippen LogP contribution < -0.4 is 0 Å². The summed E-state index contributed by atoms with van der Waals surface area (Å²) in [5.74, 6) is 0. The van der Waals surface area contributed by atoms with Gasteiger partial charge in [-0.3, -0.25) is 0 Å². The Bertz CT molecular complexity index is 169. The van der Waals surface area contributed by atoms with Crippen molar-refractivity contribution in [1.29, 1.82) is 0 Å². The van der Waals surface area contributed by atoms with Gasteiger partial charge in [0.15, 0.2) is 0 Å². The van der Waals surface area contributed by atoms with Gasteiger partial charge in [-0.1, -0.05) is 18.5 Å². The van der Waals surface area contributed by atoms with Gasteiger partial charge in [-0.25, -0.2) is 0 Å². The molecular formula is C6H6ClS. The third-order valence-electron chi connectivity index (χ3n) is 0.953. The Hall–Kier alpha value is -0.0100. The van der Waals surface area contributed by atoms with Crippen LogP contribution in [0.4, 0.5) is 0 Å². The molecule has 1 rings (SSSR count). The summed E-state index contributed by atoms with van der Waals surface area (Å²) in [6.45, 7) is 1.98. The zero-order chi connectivity index (χ0) is 5.98. The summed E-state index contributed by atoms with van der Waals surface area (Å²) in [6.07, 6.45) is 2.00. The fraction of sp³-hybridized carbons (Fsp3) is 0.167. The molecule has 1 aromatic rings. The molecule has 1 heterocycles. The second kappa shape index (κ2) is 2.51. The number of hydrogen-bond donors (Lipinski definition) is 0. The predicted molar refractivity (Wildman–Crippen MR) is 38.4 cm³/mol. The molecule has 0 saturated heterocycles. The van der Waals surface area contributed by atoms with Crippen LogP contribution in [0.2, 0.25) is 5.02 Å². The summed E-state index contributed by atoms with van der Waals surface area (Å²) in [4.78, 5) is 0. The molecule has 0 atom stereocenters. The third kappa shape index (κ3) is 1.04. The van der Waals surface area contributed by atoms with Crippen LogP contribution >= 0.6 is 22.9 Å². The maximum absolute atomic E-state index is 5.72. The Morgan fingerprint density at radius 1 is 1.62 bits per heavy atom. The Morgan fingerprint density at radius 3 is 2.62 bits per heavy atom. The van der Waals surface area contributed by atoms with Crippen LogP contribution in [0.3, 0.4) is 0 Å². The molecule has 0 fully saturated rings. The lowest BCUT2D eigenvalue weighted by atomic mass is 10.3. The second-order valence-electron chi connectivity index (χ2n) is 1.46. The summed E-state index contributed by atoms with van der Waals surface area (Å²) in [6, 6.07) is 0. The van der Waals surface area contributed by atoms with Crippen molar-refractivity contribution >= 4 is 22.9 Å². The van der Waals surface area contributed by atoms with Gasteiger partial charge in [-0.2, -0.15) is 11.3 Å². The highest BCUT2D eigenvalue weighted by Crippen LogP contribution is 2.21. The minimum absolute atomic E-state index is 0.859. The molecule has 0 bridgehead atoms. The molecule has 1 aromatic heterocycles. The summed E-state index contributed by atoms with van der Waals surface area (Å²) < 4.78 is 0. The average Bonchev–Trinajstić information content (AvgIpc) is 2.14. The zero-order valence-electron chi connectivity index (χ0n) is 4.52. The third-order valence-corrected chi connectivity index (χ3v) is 2.17. The van der Waals surface area contributed by atoms with E-state index in [9.17, 15) is 0 Å². The van der Waals surface area contributed by atoms with Gasteiger partial charge < -0.3 is 0 Å². The van der Waals surface area contributed by atoms with Crippen molar-refractivity contribution in [3.8, 4) is 0 Å². The van der Waals surface area contributed by atoms with Gasteiger partial charge in [0.05, 0.1) is 5.02 Å². The van der Waals surface area contributed by atoms with Crippen molar-refractivity contribution in [2.24, 2.45) is 0 Å². The first kappa shape index (κ1) is 6.12. The SMILES string of the molecule is C[CH]c1cscc1Cl. The first-order valence-electron chi connectivity index (χ1n) is 2.35. The number of hydrogen-bond acceptors (Lipinski definition) is 1. The fourth-order valence-electron chi connectivity index (χ4n) is 0.497. The molecule has 2 heteroatoms. The molecule has 0 N–H and O–H groups in total. The summed E-state index contributed by atoms with van der Waals surface area (Å²) in [5.41, 5.74) is 1.14. The molecule has 0 unspecified atom stereocenters. The van der Waals surface area contributed by atoms with E-state index in [1.54, 1.807) is 11.3 Å². The van der Waals surface area contributed by atoms with Gasteiger partial charge >= 0.3 is 0 Å². The van der Waals surface area contributed by atoms with E-state index in [0.717, 1.165) is 10.6 Å².